The zero-order chi connectivity index (χ0) is 18.6. The molecule has 1 aliphatic heterocycles. The van der Waals surface area contributed by atoms with Crippen molar-refractivity contribution in [2.45, 2.75) is 63.5 Å². The zero-order valence-corrected chi connectivity index (χ0v) is 15.3. The molecule has 1 aromatic heterocycles. The molecular formula is C19H28F2N4O. The number of alkyl halides is 2. The van der Waals surface area contributed by atoms with Crippen LogP contribution in [-0.4, -0.2) is 42.1 Å². The molecule has 0 radical (unpaired) electrons. The van der Waals surface area contributed by atoms with Crippen LogP contribution in [0.1, 0.15) is 45.4 Å². The van der Waals surface area contributed by atoms with Crippen LogP contribution in [0, 0.1) is 5.92 Å². The van der Waals surface area contributed by atoms with Crippen LogP contribution in [-0.2, 0) is 0 Å². The normalized spacial score (nSPS) is 22.7. The van der Waals surface area contributed by atoms with Gasteiger partial charge >= 0.3 is 6.03 Å². The van der Waals surface area contributed by atoms with E-state index in [9.17, 15) is 13.6 Å². The predicted octanol–water partition coefficient (Wildman–Crippen LogP) is 3.56. The van der Waals surface area contributed by atoms with E-state index in [1.807, 2.05) is 25.1 Å². The van der Waals surface area contributed by atoms with Crippen LogP contribution in [0.4, 0.5) is 19.4 Å². The van der Waals surface area contributed by atoms with Gasteiger partial charge in [-0.1, -0.05) is 6.07 Å². The molecule has 0 aromatic carbocycles. The van der Waals surface area contributed by atoms with Crippen LogP contribution in [0.25, 0.3) is 0 Å². The molecule has 2 N–H and O–H groups in total. The van der Waals surface area contributed by atoms with E-state index in [-0.39, 0.29) is 36.9 Å². The van der Waals surface area contributed by atoms with E-state index in [0.717, 1.165) is 31.7 Å². The topological polar surface area (TPSA) is 57.3 Å². The fourth-order valence-electron chi connectivity index (χ4n) is 3.91. The number of carbonyl (C=O) groups excluding carboxylic acids is 1. The number of urea groups is 1. The Bertz CT molecular complexity index is 580. The second-order valence-corrected chi connectivity index (χ2v) is 7.55. The van der Waals surface area contributed by atoms with E-state index in [1.165, 1.54) is 0 Å². The molecule has 0 bridgehead atoms. The molecule has 5 nitrogen and oxygen atoms in total. The molecule has 2 amide bonds. The monoisotopic (exact) mass is 366 g/mol. The summed E-state index contributed by atoms with van der Waals surface area (Å²) >= 11 is 0. The lowest BCUT2D eigenvalue weighted by Crippen LogP contribution is -2.51. The first-order valence-electron chi connectivity index (χ1n) is 9.54. The zero-order valence-electron chi connectivity index (χ0n) is 15.3. The minimum Gasteiger partial charge on any atom is -0.356 e. The highest BCUT2D eigenvalue weighted by Crippen LogP contribution is 2.37. The Labute approximate surface area is 153 Å². The molecule has 1 aliphatic carbocycles. The summed E-state index contributed by atoms with van der Waals surface area (Å²) in [4.78, 5) is 18.8. The molecule has 3 rings (SSSR count). The summed E-state index contributed by atoms with van der Waals surface area (Å²) in [5.74, 6) is -1.43. The number of anilines is 1. The second kappa shape index (κ2) is 8.18. The van der Waals surface area contributed by atoms with Crippen LogP contribution in [0.15, 0.2) is 24.4 Å². The predicted molar refractivity (Wildman–Crippen MR) is 97.5 cm³/mol. The molecule has 2 aliphatic rings. The summed E-state index contributed by atoms with van der Waals surface area (Å²) < 4.78 is 26.5. The summed E-state index contributed by atoms with van der Waals surface area (Å²) in [7, 11) is 0. The van der Waals surface area contributed by atoms with Crippen LogP contribution < -0.4 is 15.5 Å². The number of amides is 2. The number of halogens is 2. The summed E-state index contributed by atoms with van der Waals surface area (Å²) in [5.41, 5.74) is 0. The van der Waals surface area contributed by atoms with Crippen LogP contribution >= 0.6 is 0 Å². The SMILES string of the molecule is CC(NC(=O)NC1CCN(c2ccccn2)CC1)C1CCC(F)(F)CC1. The first-order chi connectivity index (χ1) is 12.4. The average molecular weight is 366 g/mol. The van der Waals surface area contributed by atoms with Gasteiger partial charge in [0.2, 0.25) is 5.92 Å². The van der Waals surface area contributed by atoms with Gasteiger partial charge in [-0.15, -0.1) is 0 Å². The van der Waals surface area contributed by atoms with Gasteiger partial charge in [0.15, 0.2) is 0 Å². The van der Waals surface area contributed by atoms with Crippen molar-refractivity contribution in [2.75, 3.05) is 18.0 Å². The van der Waals surface area contributed by atoms with Crippen molar-refractivity contribution in [1.82, 2.24) is 15.6 Å². The van der Waals surface area contributed by atoms with E-state index < -0.39 is 5.92 Å². The number of pyridine rings is 1. The van der Waals surface area contributed by atoms with Crippen molar-refractivity contribution in [3.8, 4) is 0 Å². The molecule has 7 heteroatoms. The maximum Gasteiger partial charge on any atom is 0.315 e. The number of hydrogen-bond donors (Lipinski definition) is 2. The molecule has 26 heavy (non-hydrogen) atoms. The molecule has 1 aromatic rings. The molecule has 1 unspecified atom stereocenters. The minimum atomic E-state index is -2.53. The van der Waals surface area contributed by atoms with Gasteiger partial charge in [-0.2, -0.15) is 0 Å². The van der Waals surface area contributed by atoms with Gasteiger partial charge in [-0.05, 0) is 50.7 Å². The van der Waals surface area contributed by atoms with Crippen LogP contribution in [0.3, 0.4) is 0 Å². The highest BCUT2D eigenvalue weighted by atomic mass is 19.3. The number of piperidine rings is 1. The van der Waals surface area contributed by atoms with E-state index >= 15 is 0 Å². The number of nitrogens with zero attached hydrogens (tertiary/aromatic N) is 2. The van der Waals surface area contributed by atoms with Gasteiger partial charge in [-0.3, -0.25) is 0 Å². The standard InChI is InChI=1S/C19H28F2N4O/c1-14(15-5-9-19(20,21)10-6-15)23-18(26)24-16-7-12-25(13-8-16)17-4-2-3-11-22-17/h2-4,11,14-16H,5-10,12-13H2,1H3,(H2,23,24,26). The van der Waals surface area contributed by atoms with Gasteiger partial charge in [-0.25, -0.2) is 18.6 Å². The van der Waals surface area contributed by atoms with Crippen LogP contribution in [0.2, 0.25) is 0 Å². The molecule has 144 valence electrons. The quantitative estimate of drug-likeness (QED) is 0.857. The Morgan fingerprint density at radius 3 is 2.54 bits per heavy atom. The van der Waals surface area contributed by atoms with Gasteiger partial charge in [0.1, 0.15) is 5.82 Å². The lowest BCUT2D eigenvalue weighted by atomic mass is 9.82. The van der Waals surface area contributed by atoms with Crippen molar-refractivity contribution in [3.63, 3.8) is 0 Å². The third-order valence-corrected chi connectivity index (χ3v) is 5.63. The lowest BCUT2D eigenvalue weighted by Gasteiger charge is -2.34. The number of carbonyl (C=O) groups is 1. The summed E-state index contributed by atoms with van der Waals surface area (Å²) in [6.45, 7) is 3.63. The van der Waals surface area contributed by atoms with Crippen molar-refractivity contribution < 1.29 is 13.6 Å². The maximum absolute atomic E-state index is 13.3. The molecule has 2 fully saturated rings. The molecule has 0 spiro atoms. The first-order valence-corrected chi connectivity index (χ1v) is 9.54. The van der Waals surface area contributed by atoms with Crippen LogP contribution in [0.5, 0.6) is 0 Å². The molecular weight excluding hydrogens is 338 g/mol. The van der Waals surface area contributed by atoms with Crippen molar-refractivity contribution in [3.05, 3.63) is 24.4 Å². The Balaban J connectivity index is 1.39. The van der Waals surface area contributed by atoms with Gasteiger partial charge in [0.25, 0.3) is 0 Å². The Hall–Kier alpha value is -1.92. The average Bonchev–Trinajstić information content (AvgIpc) is 2.63. The van der Waals surface area contributed by atoms with E-state index in [2.05, 4.69) is 20.5 Å². The molecule has 1 saturated heterocycles. The lowest BCUT2D eigenvalue weighted by molar-refractivity contribution is -0.0484. The number of aromatic nitrogens is 1. The summed E-state index contributed by atoms with van der Waals surface area (Å²) in [6.07, 6.45) is 4.32. The number of nitrogens with one attached hydrogen (secondary N) is 2. The Morgan fingerprint density at radius 2 is 1.92 bits per heavy atom. The third-order valence-electron chi connectivity index (χ3n) is 5.63. The largest absolute Gasteiger partial charge is 0.356 e. The molecule has 2 heterocycles. The molecule has 1 atom stereocenters. The molecule has 1 saturated carbocycles. The fraction of sp³-hybridized carbons (Fsp3) is 0.684. The van der Waals surface area contributed by atoms with Crippen molar-refractivity contribution >= 4 is 11.8 Å². The van der Waals surface area contributed by atoms with E-state index in [1.54, 1.807) is 6.20 Å². The van der Waals surface area contributed by atoms with E-state index in [4.69, 9.17) is 0 Å². The minimum absolute atomic E-state index is 0.0721. The Morgan fingerprint density at radius 1 is 1.23 bits per heavy atom. The smallest absolute Gasteiger partial charge is 0.315 e. The number of hydrogen-bond acceptors (Lipinski definition) is 3. The second-order valence-electron chi connectivity index (χ2n) is 7.55. The van der Waals surface area contributed by atoms with Crippen molar-refractivity contribution in [1.29, 1.82) is 0 Å². The summed E-state index contributed by atoms with van der Waals surface area (Å²) in [5, 5.41) is 5.98. The third kappa shape index (κ3) is 5.05. The van der Waals surface area contributed by atoms with E-state index in [0.29, 0.717) is 12.8 Å². The first kappa shape index (κ1) is 18.9. The summed E-state index contributed by atoms with van der Waals surface area (Å²) in [6, 6.07) is 5.73. The number of rotatable bonds is 4. The Kier molecular flexibility index (Phi) is 5.94. The van der Waals surface area contributed by atoms with Crippen molar-refractivity contribution in [2.24, 2.45) is 5.92 Å². The maximum atomic E-state index is 13.3. The fourth-order valence-corrected chi connectivity index (χ4v) is 3.91. The highest BCUT2D eigenvalue weighted by molar-refractivity contribution is 5.74. The van der Waals surface area contributed by atoms with Gasteiger partial charge in [0, 0.05) is 44.2 Å². The van der Waals surface area contributed by atoms with Gasteiger partial charge in [0.05, 0.1) is 0 Å². The highest BCUT2D eigenvalue weighted by Gasteiger charge is 2.37. The van der Waals surface area contributed by atoms with Gasteiger partial charge < -0.3 is 15.5 Å².